The van der Waals surface area contributed by atoms with E-state index in [4.69, 9.17) is 14.9 Å². The Morgan fingerprint density at radius 1 is 1.61 bits per heavy atom. The second kappa shape index (κ2) is 5.28. The zero-order valence-corrected chi connectivity index (χ0v) is 11.6. The first-order valence-corrected chi connectivity index (χ1v) is 6.62. The fourth-order valence-electron chi connectivity index (χ4n) is 1.99. The molecule has 1 fully saturated rings. The number of benzene rings is 1. The highest BCUT2D eigenvalue weighted by molar-refractivity contribution is 9.10. The molecular formula is C13H15BrO4. The van der Waals surface area contributed by atoms with Crippen LogP contribution in [0.15, 0.2) is 22.7 Å². The predicted molar refractivity (Wildman–Crippen MR) is 69.8 cm³/mol. The predicted octanol–water partition coefficient (Wildman–Crippen LogP) is 2.40. The molecule has 0 heterocycles. The van der Waals surface area contributed by atoms with Crippen molar-refractivity contribution >= 4 is 21.9 Å². The standard InChI is InChI=1S/C13H15BrO4/c1-7(13(16)17)18-12-3-2-9(14)5-11(12)10-4-8(10)6-15/h2-3,5,7-8,10,15H,4,6H2,1H3,(H,16,17)/t7?,8-,10+/m0/s1. The van der Waals surface area contributed by atoms with E-state index >= 15 is 0 Å². The molecule has 0 amide bonds. The highest BCUT2D eigenvalue weighted by Gasteiger charge is 2.39. The molecule has 3 atom stereocenters. The molecule has 1 aromatic carbocycles. The number of ether oxygens (including phenoxy) is 1. The maximum absolute atomic E-state index is 10.8. The van der Waals surface area contributed by atoms with Crippen molar-refractivity contribution in [3.05, 3.63) is 28.2 Å². The number of hydrogen-bond donors (Lipinski definition) is 2. The first-order valence-electron chi connectivity index (χ1n) is 5.82. The molecule has 98 valence electrons. The molecule has 1 saturated carbocycles. The summed E-state index contributed by atoms with van der Waals surface area (Å²) in [5.74, 6) is 0.137. The molecule has 0 aliphatic heterocycles. The fraction of sp³-hybridized carbons (Fsp3) is 0.462. The van der Waals surface area contributed by atoms with Gasteiger partial charge in [0.25, 0.3) is 0 Å². The minimum absolute atomic E-state index is 0.158. The molecule has 0 bridgehead atoms. The summed E-state index contributed by atoms with van der Waals surface area (Å²) in [6.45, 7) is 1.66. The molecule has 1 aliphatic rings. The second-order valence-corrected chi connectivity index (χ2v) is 5.48. The van der Waals surface area contributed by atoms with Crippen molar-refractivity contribution < 1.29 is 19.7 Å². The van der Waals surface area contributed by atoms with Crippen molar-refractivity contribution in [1.29, 1.82) is 0 Å². The van der Waals surface area contributed by atoms with Crippen LogP contribution in [0, 0.1) is 5.92 Å². The highest BCUT2D eigenvalue weighted by atomic mass is 79.9. The first-order chi connectivity index (χ1) is 8.52. The van der Waals surface area contributed by atoms with Gasteiger partial charge in [0, 0.05) is 11.1 Å². The summed E-state index contributed by atoms with van der Waals surface area (Å²) in [5, 5.41) is 18.0. The van der Waals surface area contributed by atoms with Crippen LogP contribution in [0.4, 0.5) is 0 Å². The molecule has 0 saturated heterocycles. The number of carbonyl (C=O) groups is 1. The van der Waals surface area contributed by atoms with E-state index in [-0.39, 0.29) is 18.4 Å². The number of halogens is 1. The number of rotatable bonds is 5. The summed E-state index contributed by atoms with van der Waals surface area (Å²) in [7, 11) is 0. The summed E-state index contributed by atoms with van der Waals surface area (Å²) < 4.78 is 6.38. The van der Waals surface area contributed by atoms with E-state index < -0.39 is 12.1 Å². The van der Waals surface area contributed by atoms with Crippen LogP contribution >= 0.6 is 15.9 Å². The van der Waals surface area contributed by atoms with Crippen LogP contribution in [0.5, 0.6) is 5.75 Å². The molecule has 1 aromatic rings. The average Bonchev–Trinajstić information content (AvgIpc) is 3.10. The third kappa shape index (κ3) is 2.84. The summed E-state index contributed by atoms with van der Waals surface area (Å²) in [6.07, 6.45) is 0.0429. The lowest BCUT2D eigenvalue weighted by Gasteiger charge is -2.15. The number of aliphatic carboxylic acids is 1. The van der Waals surface area contributed by atoms with Gasteiger partial charge in [0.05, 0.1) is 0 Å². The Morgan fingerprint density at radius 3 is 2.89 bits per heavy atom. The Kier molecular flexibility index (Phi) is 3.92. The van der Waals surface area contributed by atoms with Crippen LogP contribution < -0.4 is 4.74 Å². The third-order valence-corrected chi connectivity index (χ3v) is 3.67. The van der Waals surface area contributed by atoms with Crippen molar-refractivity contribution in [3.63, 3.8) is 0 Å². The molecule has 1 unspecified atom stereocenters. The van der Waals surface area contributed by atoms with Crippen molar-refractivity contribution in [2.24, 2.45) is 5.92 Å². The van der Waals surface area contributed by atoms with E-state index in [1.54, 1.807) is 6.07 Å². The monoisotopic (exact) mass is 314 g/mol. The molecule has 1 aliphatic carbocycles. The van der Waals surface area contributed by atoms with Gasteiger partial charge in [-0.2, -0.15) is 0 Å². The molecular weight excluding hydrogens is 300 g/mol. The summed E-state index contributed by atoms with van der Waals surface area (Å²) >= 11 is 3.40. The lowest BCUT2D eigenvalue weighted by molar-refractivity contribution is -0.144. The van der Waals surface area contributed by atoms with E-state index in [1.807, 2.05) is 12.1 Å². The van der Waals surface area contributed by atoms with Gasteiger partial charge in [-0.3, -0.25) is 0 Å². The Hall–Kier alpha value is -1.07. The van der Waals surface area contributed by atoms with Gasteiger partial charge >= 0.3 is 5.97 Å². The average molecular weight is 315 g/mol. The van der Waals surface area contributed by atoms with E-state index in [9.17, 15) is 4.79 Å². The van der Waals surface area contributed by atoms with Crippen LogP contribution in [0.3, 0.4) is 0 Å². The van der Waals surface area contributed by atoms with Crippen LogP contribution in [0.2, 0.25) is 0 Å². The minimum Gasteiger partial charge on any atom is -0.479 e. The van der Waals surface area contributed by atoms with Crippen molar-refractivity contribution in [2.45, 2.75) is 25.4 Å². The normalized spacial score (nSPS) is 23.5. The van der Waals surface area contributed by atoms with Gasteiger partial charge in [-0.1, -0.05) is 15.9 Å². The first kappa shape index (κ1) is 13.4. The lowest BCUT2D eigenvalue weighted by Crippen LogP contribution is -2.23. The van der Waals surface area contributed by atoms with Crippen LogP contribution in [0.1, 0.15) is 24.8 Å². The largest absolute Gasteiger partial charge is 0.479 e. The summed E-state index contributed by atoms with van der Waals surface area (Å²) in [6, 6.07) is 5.53. The van der Waals surface area contributed by atoms with Gasteiger partial charge in [0.1, 0.15) is 5.75 Å². The zero-order chi connectivity index (χ0) is 13.3. The molecule has 0 aromatic heterocycles. The molecule has 0 radical (unpaired) electrons. The highest BCUT2D eigenvalue weighted by Crippen LogP contribution is 2.50. The fourth-order valence-corrected chi connectivity index (χ4v) is 2.37. The van der Waals surface area contributed by atoms with Crippen molar-refractivity contribution in [3.8, 4) is 5.75 Å². The maximum Gasteiger partial charge on any atom is 0.344 e. The van der Waals surface area contributed by atoms with Crippen LogP contribution in [-0.2, 0) is 4.79 Å². The molecule has 2 N–H and O–H groups in total. The number of hydrogen-bond acceptors (Lipinski definition) is 3. The van der Waals surface area contributed by atoms with E-state index in [0.29, 0.717) is 5.75 Å². The van der Waals surface area contributed by atoms with Gasteiger partial charge in [-0.05, 0) is 48.9 Å². The summed E-state index contributed by atoms with van der Waals surface area (Å²) in [4.78, 5) is 10.8. The number of aliphatic hydroxyl groups excluding tert-OH is 1. The maximum atomic E-state index is 10.8. The van der Waals surface area contributed by atoms with E-state index in [2.05, 4.69) is 15.9 Å². The molecule has 4 nitrogen and oxygen atoms in total. The van der Waals surface area contributed by atoms with Gasteiger partial charge < -0.3 is 14.9 Å². The van der Waals surface area contributed by atoms with Gasteiger partial charge in [-0.25, -0.2) is 4.79 Å². The number of carboxylic acid groups (broad SMARTS) is 1. The lowest BCUT2D eigenvalue weighted by atomic mass is 10.1. The zero-order valence-electron chi connectivity index (χ0n) is 9.97. The van der Waals surface area contributed by atoms with Crippen LogP contribution in [-0.4, -0.2) is 28.9 Å². The van der Waals surface area contributed by atoms with E-state index in [1.165, 1.54) is 6.92 Å². The molecule has 2 rings (SSSR count). The Bertz CT molecular complexity index is 460. The smallest absolute Gasteiger partial charge is 0.344 e. The van der Waals surface area contributed by atoms with Gasteiger partial charge in [-0.15, -0.1) is 0 Å². The topological polar surface area (TPSA) is 66.8 Å². The third-order valence-electron chi connectivity index (χ3n) is 3.18. The van der Waals surface area contributed by atoms with Crippen molar-refractivity contribution in [1.82, 2.24) is 0 Å². The van der Waals surface area contributed by atoms with Crippen LogP contribution in [0.25, 0.3) is 0 Å². The molecule has 18 heavy (non-hydrogen) atoms. The van der Waals surface area contributed by atoms with Gasteiger partial charge in [0.2, 0.25) is 0 Å². The van der Waals surface area contributed by atoms with Gasteiger partial charge in [0.15, 0.2) is 6.10 Å². The van der Waals surface area contributed by atoms with E-state index in [0.717, 1.165) is 16.5 Å². The minimum atomic E-state index is -0.988. The summed E-state index contributed by atoms with van der Waals surface area (Å²) in [5.41, 5.74) is 0.969. The number of aliphatic hydroxyl groups is 1. The number of carboxylic acids is 1. The molecule has 0 spiro atoms. The van der Waals surface area contributed by atoms with Crippen molar-refractivity contribution in [2.75, 3.05) is 6.61 Å². The Morgan fingerprint density at radius 2 is 2.33 bits per heavy atom. The Labute approximate surface area is 114 Å². The SMILES string of the molecule is CC(Oc1ccc(Br)cc1[C@@H]1C[C@H]1CO)C(=O)O. The molecule has 5 heteroatoms. The quantitative estimate of drug-likeness (QED) is 0.875. The Balaban J connectivity index is 2.21. The second-order valence-electron chi connectivity index (χ2n) is 4.57.